The molecule has 1 amide bonds. The average Bonchev–Trinajstić information content (AvgIpc) is 2.26. The summed E-state index contributed by atoms with van der Waals surface area (Å²) in [5.74, 6) is 1.39. The van der Waals surface area contributed by atoms with Crippen molar-refractivity contribution in [2.75, 3.05) is 24.3 Å². The highest BCUT2D eigenvalue weighted by atomic mass is 79.9. The van der Waals surface area contributed by atoms with Crippen molar-refractivity contribution in [1.29, 1.82) is 0 Å². The Balaban J connectivity index is 2.58. The Kier molecular flexibility index (Phi) is 5.85. The molecule has 0 aliphatic heterocycles. The lowest BCUT2D eigenvalue weighted by atomic mass is 10.1. The molecular weight excluding hydrogens is 300 g/mol. The van der Waals surface area contributed by atoms with E-state index in [4.69, 9.17) is 5.73 Å². The highest BCUT2D eigenvalue weighted by molar-refractivity contribution is 9.10. The van der Waals surface area contributed by atoms with Crippen LogP contribution >= 0.6 is 27.7 Å². The van der Waals surface area contributed by atoms with Gasteiger partial charge in [-0.25, -0.2) is 0 Å². The van der Waals surface area contributed by atoms with Crippen LogP contribution in [0.25, 0.3) is 0 Å². The fourth-order valence-corrected chi connectivity index (χ4v) is 2.51. The maximum absolute atomic E-state index is 11.9. The maximum atomic E-state index is 11.9. The fourth-order valence-electron chi connectivity index (χ4n) is 1.45. The Morgan fingerprint density at radius 1 is 1.59 bits per heavy atom. The topological polar surface area (TPSA) is 55.1 Å². The molecule has 1 aromatic carbocycles. The van der Waals surface area contributed by atoms with Crippen LogP contribution in [0.5, 0.6) is 0 Å². The van der Waals surface area contributed by atoms with Gasteiger partial charge in [-0.3, -0.25) is 4.79 Å². The summed E-state index contributed by atoms with van der Waals surface area (Å²) < 4.78 is 0.877. The molecule has 94 valence electrons. The van der Waals surface area contributed by atoms with Crippen LogP contribution in [0.2, 0.25) is 0 Å². The summed E-state index contributed by atoms with van der Waals surface area (Å²) in [4.78, 5) is 11.9. The van der Waals surface area contributed by atoms with E-state index in [1.54, 1.807) is 23.9 Å². The zero-order chi connectivity index (χ0) is 12.8. The molecule has 1 atom stereocenters. The number of carbonyl (C=O) groups is 1. The normalized spacial score (nSPS) is 12.2. The van der Waals surface area contributed by atoms with Crippen molar-refractivity contribution in [3.8, 4) is 0 Å². The largest absolute Gasteiger partial charge is 0.398 e. The smallest absolute Gasteiger partial charge is 0.253 e. The van der Waals surface area contributed by atoms with Crippen LogP contribution < -0.4 is 11.1 Å². The molecule has 1 rings (SSSR count). The summed E-state index contributed by atoms with van der Waals surface area (Å²) in [6, 6.07) is 5.28. The summed E-state index contributed by atoms with van der Waals surface area (Å²) in [6.45, 7) is 2.79. The van der Waals surface area contributed by atoms with Gasteiger partial charge < -0.3 is 11.1 Å². The summed E-state index contributed by atoms with van der Waals surface area (Å²) >= 11 is 5.09. The lowest BCUT2D eigenvalue weighted by Gasteiger charge is -2.12. The SMILES string of the molecule is CSCC(C)CNC(=O)c1ccc(Br)cc1N. The number of benzene rings is 1. The highest BCUT2D eigenvalue weighted by Gasteiger charge is 2.10. The third-order valence-electron chi connectivity index (χ3n) is 2.32. The van der Waals surface area contributed by atoms with Gasteiger partial charge >= 0.3 is 0 Å². The minimum atomic E-state index is -0.108. The first-order chi connectivity index (χ1) is 8.04. The number of halogens is 1. The van der Waals surface area contributed by atoms with Crippen LogP contribution in [-0.2, 0) is 0 Å². The number of nitrogens with two attached hydrogens (primary N) is 1. The van der Waals surface area contributed by atoms with Gasteiger partial charge in [0.05, 0.1) is 5.56 Å². The van der Waals surface area contributed by atoms with E-state index in [1.807, 2.05) is 6.07 Å². The monoisotopic (exact) mass is 316 g/mol. The average molecular weight is 317 g/mol. The second-order valence-electron chi connectivity index (χ2n) is 4.00. The molecule has 0 aliphatic rings. The Labute approximate surface area is 115 Å². The summed E-state index contributed by atoms with van der Waals surface area (Å²) in [5, 5.41) is 2.90. The molecule has 3 N–H and O–H groups in total. The van der Waals surface area contributed by atoms with E-state index in [1.165, 1.54) is 0 Å². The molecule has 0 aromatic heterocycles. The van der Waals surface area contributed by atoms with Crippen molar-refractivity contribution < 1.29 is 4.79 Å². The number of hydrogen-bond donors (Lipinski definition) is 2. The zero-order valence-corrected chi connectivity index (χ0v) is 12.4. The number of thioether (sulfide) groups is 1. The standard InChI is InChI=1S/C12H17BrN2OS/c1-8(7-17-2)6-15-12(16)10-4-3-9(13)5-11(10)14/h3-5,8H,6-7,14H2,1-2H3,(H,15,16). The van der Waals surface area contributed by atoms with Gasteiger partial charge in [-0.2, -0.15) is 11.8 Å². The molecule has 0 fully saturated rings. The van der Waals surface area contributed by atoms with Crippen LogP contribution in [0.15, 0.2) is 22.7 Å². The van der Waals surface area contributed by atoms with E-state index in [2.05, 4.69) is 34.4 Å². The van der Waals surface area contributed by atoms with Crippen LogP contribution in [0.4, 0.5) is 5.69 Å². The molecule has 1 unspecified atom stereocenters. The lowest BCUT2D eigenvalue weighted by Crippen LogP contribution is -2.29. The van der Waals surface area contributed by atoms with Crippen LogP contribution in [0.3, 0.4) is 0 Å². The molecular formula is C12H17BrN2OS. The number of nitrogens with one attached hydrogen (secondary N) is 1. The number of carbonyl (C=O) groups excluding carboxylic acids is 1. The molecule has 0 aliphatic carbocycles. The second-order valence-corrected chi connectivity index (χ2v) is 5.83. The fraction of sp³-hybridized carbons (Fsp3) is 0.417. The van der Waals surface area contributed by atoms with Gasteiger partial charge in [0.25, 0.3) is 5.91 Å². The molecule has 1 aromatic rings. The molecule has 0 saturated carbocycles. The predicted octanol–water partition coefficient (Wildman–Crippen LogP) is 2.76. The molecule has 0 saturated heterocycles. The van der Waals surface area contributed by atoms with Gasteiger partial charge in [-0.05, 0) is 36.1 Å². The third-order valence-corrected chi connectivity index (χ3v) is 3.72. The van der Waals surface area contributed by atoms with Crippen LogP contribution in [0.1, 0.15) is 17.3 Å². The second kappa shape index (κ2) is 6.91. The van der Waals surface area contributed by atoms with Gasteiger partial charge in [-0.15, -0.1) is 0 Å². The Morgan fingerprint density at radius 3 is 2.88 bits per heavy atom. The van der Waals surface area contributed by atoms with Crippen molar-refractivity contribution in [3.05, 3.63) is 28.2 Å². The van der Waals surface area contributed by atoms with Crippen molar-refractivity contribution in [2.45, 2.75) is 6.92 Å². The molecule has 3 nitrogen and oxygen atoms in total. The third kappa shape index (κ3) is 4.60. The van der Waals surface area contributed by atoms with Gasteiger partial charge in [-0.1, -0.05) is 22.9 Å². The Hall–Kier alpha value is -0.680. The number of amides is 1. The van der Waals surface area contributed by atoms with Gasteiger partial charge in [0.1, 0.15) is 0 Å². The Morgan fingerprint density at radius 2 is 2.29 bits per heavy atom. The number of nitrogen functional groups attached to an aromatic ring is 1. The number of hydrogen-bond acceptors (Lipinski definition) is 3. The molecule has 17 heavy (non-hydrogen) atoms. The molecule has 0 bridgehead atoms. The number of rotatable bonds is 5. The Bertz CT molecular complexity index is 398. The van der Waals surface area contributed by atoms with Crippen LogP contribution in [-0.4, -0.2) is 24.5 Å². The number of anilines is 1. The predicted molar refractivity (Wildman–Crippen MR) is 78.4 cm³/mol. The highest BCUT2D eigenvalue weighted by Crippen LogP contribution is 2.18. The van der Waals surface area contributed by atoms with Gasteiger partial charge in [0.2, 0.25) is 0 Å². The summed E-state index contributed by atoms with van der Waals surface area (Å²) in [7, 11) is 0. The van der Waals surface area contributed by atoms with Crippen LogP contribution in [0, 0.1) is 5.92 Å². The van der Waals surface area contributed by atoms with E-state index in [-0.39, 0.29) is 5.91 Å². The first-order valence-corrected chi connectivity index (χ1v) is 7.55. The van der Waals surface area contributed by atoms with E-state index in [9.17, 15) is 4.79 Å². The van der Waals surface area contributed by atoms with E-state index < -0.39 is 0 Å². The van der Waals surface area contributed by atoms with Crippen molar-refractivity contribution in [1.82, 2.24) is 5.32 Å². The van der Waals surface area contributed by atoms with Crippen molar-refractivity contribution in [3.63, 3.8) is 0 Å². The summed E-state index contributed by atoms with van der Waals surface area (Å²) in [6.07, 6.45) is 2.06. The zero-order valence-electron chi connectivity index (χ0n) is 10.00. The molecule has 0 spiro atoms. The first kappa shape index (κ1) is 14.4. The first-order valence-electron chi connectivity index (χ1n) is 5.36. The quantitative estimate of drug-likeness (QED) is 0.821. The van der Waals surface area contributed by atoms with E-state index >= 15 is 0 Å². The van der Waals surface area contributed by atoms with E-state index in [0.29, 0.717) is 23.7 Å². The van der Waals surface area contributed by atoms with Gasteiger partial charge in [0, 0.05) is 16.7 Å². The minimum absolute atomic E-state index is 0.108. The minimum Gasteiger partial charge on any atom is -0.398 e. The van der Waals surface area contributed by atoms with E-state index in [0.717, 1.165) is 10.2 Å². The maximum Gasteiger partial charge on any atom is 0.253 e. The van der Waals surface area contributed by atoms with Gasteiger partial charge in [0.15, 0.2) is 0 Å². The molecule has 0 radical (unpaired) electrons. The van der Waals surface area contributed by atoms with Crippen molar-refractivity contribution >= 4 is 39.3 Å². The summed E-state index contributed by atoms with van der Waals surface area (Å²) in [5.41, 5.74) is 6.82. The lowest BCUT2D eigenvalue weighted by molar-refractivity contribution is 0.0950. The van der Waals surface area contributed by atoms with Crippen molar-refractivity contribution in [2.24, 2.45) is 5.92 Å². The molecule has 5 heteroatoms. The molecule has 0 heterocycles.